The fourth-order valence-electron chi connectivity index (χ4n) is 1.69. The predicted molar refractivity (Wildman–Crippen MR) is 68.5 cm³/mol. The molecule has 0 saturated carbocycles. The highest BCUT2D eigenvalue weighted by molar-refractivity contribution is 7.86. The first-order valence-corrected chi connectivity index (χ1v) is 6.41. The topological polar surface area (TPSA) is 99.3 Å². The van der Waals surface area contributed by atoms with Gasteiger partial charge in [0, 0.05) is 5.39 Å². The quantitative estimate of drug-likeness (QED) is 0.486. The maximum atomic E-state index is 11.3. The van der Waals surface area contributed by atoms with Gasteiger partial charge in [0.2, 0.25) is 0 Å². The second-order valence-electron chi connectivity index (χ2n) is 3.57. The lowest BCUT2D eigenvalue weighted by Gasteiger charge is -2.08. The van der Waals surface area contributed by atoms with Gasteiger partial charge in [-0.15, -0.1) is 0 Å². The van der Waals surface area contributed by atoms with Crippen molar-refractivity contribution in [1.82, 2.24) is 0 Å². The van der Waals surface area contributed by atoms with Crippen molar-refractivity contribution in [3.8, 4) is 5.75 Å². The molecule has 0 radical (unpaired) electrons. The van der Waals surface area contributed by atoms with Crippen molar-refractivity contribution in [3.63, 3.8) is 0 Å². The first-order valence-electron chi connectivity index (χ1n) is 4.97. The molecule has 0 aliphatic rings. The van der Waals surface area contributed by atoms with E-state index in [0.29, 0.717) is 10.8 Å². The third kappa shape index (κ3) is 2.07. The van der Waals surface area contributed by atoms with Gasteiger partial charge >= 0.3 is 0 Å². The Bertz CT molecular complexity index is 743. The zero-order chi connectivity index (χ0) is 13.3. The summed E-state index contributed by atoms with van der Waals surface area (Å²) in [5.41, 5.74) is -0.265. The van der Waals surface area contributed by atoms with Gasteiger partial charge in [0.15, 0.2) is 5.75 Å². The van der Waals surface area contributed by atoms with Gasteiger partial charge in [0.25, 0.3) is 18.1 Å². The monoisotopic (exact) mass is 264 g/mol. The van der Waals surface area contributed by atoms with Gasteiger partial charge in [0.1, 0.15) is 10.6 Å². The molecule has 2 aromatic carbocycles. The fourth-order valence-corrected chi connectivity index (χ4v) is 2.34. The van der Waals surface area contributed by atoms with E-state index >= 15 is 0 Å². The summed E-state index contributed by atoms with van der Waals surface area (Å²) in [5.74, 6) is -0.327. The minimum Gasteiger partial charge on any atom is -0.505 e. The Balaban J connectivity index is 2.97. The summed E-state index contributed by atoms with van der Waals surface area (Å²) in [6.45, 7) is 0. The van der Waals surface area contributed by atoms with Gasteiger partial charge in [-0.05, 0) is 11.5 Å². The molecule has 18 heavy (non-hydrogen) atoms. The molecule has 0 saturated heterocycles. The molecule has 6 nitrogen and oxygen atoms in total. The molecule has 0 aliphatic heterocycles. The van der Waals surface area contributed by atoms with E-state index in [2.05, 4.69) is 10.1 Å². The van der Waals surface area contributed by atoms with Crippen LogP contribution in [0.5, 0.6) is 5.75 Å². The SMILES string of the molecule is B/N=N/c1c(S(=O)(=O)O)cc2ccccc2c1O. The Labute approximate surface area is 104 Å². The number of hydrogen-bond donors (Lipinski definition) is 2. The largest absolute Gasteiger partial charge is 0.505 e. The predicted octanol–water partition coefficient (Wildman–Crippen LogP) is 1.42. The summed E-state index contributed by atoms with van der Waals surface area (Å²) >= 11 is 0. The summed E-state index contributed by atoms with van der Waals surface area (Å²) < 4.78 is 31.7. The van der Waals surface area contributed by atoms with Crippen LogP contribution in [-0.4, -0.2) is 26.1 Å². The molecular weight excluding hydrogens is 255 g/mol. The van der Waals surface area contributed by atoms with E-state index in [0.717, 1.165) is 0 Å². The molecule has 8 heteroatoms. The molecule has 92 valence electrons. The standard InChI is InChI=1S/C10H9BN2O4S/c11-13-12-9-8(18(15,16)17)5-6-3-1-2-4-7(6)10(9)14/h1-5,14H,11H2,(H,15,16,17)/b13-12+. The Morgan fingerprint density at radius 2 is 1.89 bits per heavy atom. The van der Waals surface area contributed by atoms with Crippen molar-refractivity contribution in [2.75, 3.05) is 0 Å². The van der Waals surface area contributed by atoms with Crippen LogP contribution in [0.4, 0.5) is 5.69 Å². The highest BCUT2D eigenvalue weighted by Gasteiger charge is 2.21. The Morgan fingerprint density at radius 3 is 2.50 bits per heavy atom. The van der Waals surface area contributed by atoms with E-state index in [9.17, 15) is 13.5 Å². The molecular formula is C10H9BN2O4S. The van der Waals surface area contributed by atoms with Crippen molar-refractivity contribution in [3.05, 3.63) is 30.3 Å². The smallest absolute Gasteiger partial charge is 0.296 e. The van der Waals surface area contributed by atoms with Crippen LogP contribution in [0.3, 0.4) is 0 Å². The second-order valence-corrected chi connectivity index (χ2v) is 4.96. The van der Waals surface area contributed by atoms with Gasteiger partial charge in [-0.1, -0.05) is 24.3 Å². The third-order valence-electron chi connectivity index (χ3n) is 2.44. The molecule has 2 rings (SSSR count). The highest BCUT2D eigenvalue weighted by Crippen LogP contribution is 2.40. The summed E-state index contributed by atoms with van der Waals surface area (Å²) in [7, 11) is -3.15. The molecule has 0 aromatic heterocycles. The van der Waals surface area contributed by atoms with E-state index in [-0.39, 0.29) is 11.4 Å². The Morgan fingerprint density at radius 1 is 1.22 bits per heavy atom. The fraction of sp³-hybridized carbons (Fsp3) is 0. The van der Waals surface area contributed by atoms with Crippen LogP contribution in [0.25, 0.3) is 10.8 Å². The van der Waals surface area contributed by atoms with E-state index in [1.165, 1.54) is 14.0 Å². The summed E-state index contributed by atoms with van der Waals surface area (Å²) in [6, 6.07) is 7.87. The molecule has 0 fully saturated rings. The molecule has 0 spiro atoms. The van der Waals surface area contributed by atoms with Crippen LogP contribution in [0.2, 0.25) is 0 Å². The normalized spacial score (nSPS) is 12.3. The number of phenols is 1. The lowest BCUT2D eigenvalue weighted by atomic mass is 10.1. The van der Waals surface area contributed by atoms with Crippen molar-refractivity contribution >= 4 is 34.6 Å². The van der Waals surface area contributed by atoms with E-state index < -0.39 is 15.0 Å². The van der Waals surface area contributed by atoms with Gasteiger partial charge in [0.05, 0.1) is 0 Å². The molecule has 0 atom stereocenters. The number of nitrogens with zero attached hydrogens (tertiary/aromatic N) is 2. The van der Waals surface area contributed by atoms with Crippen LogP contribution in [0.1, 0.15) is 0 Å². The van der Waals surface area contributed by atoms with E-state index in [1.54, 1.807) is 24.3 Å². The van der Waals surface area contributed by atoms with E-state index in [1.807, 2.05) is 0 Å². The Kier molecular flexibility index (Phi) is 3.06. The lowest BCUT2D eigenvalue weighted by Crippen LogP contribution is -1.99. The minimum atomic E-state index is -4.48. The molecule has 0 heterocycles. The highest BCUT2D eigenvalue weighted by atomic mass is 32.2. The number of phenolic OH excluding ortho intramolecular Hbond substituents is 1. The first kappa shape index (κ1) is 12.5. The molecule has 0 aliphatic carbocycles. The summed E-state index contributed by atoms with van der Waals surface area (Å²) in [6.07, 6.45) is 0. The van der Waals surface area contributed by atoms with Crippen molar-refractivity contribution in [2.45, 2.75) is 4.90 Å². The van der Waals surface area contributed by atoms with Crippen LogP contribution >= 0.6 is 0 Å². The van der Waals surface area contributed by atoms with E-state index in [4.69, 9.17) is 4.55 Å². The van der Waals surface area contributed by atoms with Crippen LogP contribution in [0.15, 0.2) is 45.4 Å². The van der Waals surface area contributed by atoms with Gasteiger partial charge in [-0.25, -0.2) is 0 Å². The van der Waals surface area contributed by atoms with Crippen LogP contribution in [0, 0.1) is 0 Å². The Hall–Kier alpha value is -1.93. The average molecular weight is 264 g/mol. The number of hydrogen-bond acceptors (Lipinski definition) is 5. The first-order chi connectivity index (χ1) is 8.45. The number of fused-ring (bicyclic) bond motifs is 1. The average Bonchev–Trinajstić information content (AvgIpc) is 2.31. The number of benzene rings is 2. The molecule has 0 amide bonds. The minimum absolute atomic E-state index is 0.265. The molecule has 2 aromatic rings. The summed E-state index contributed by atoms with van der Waals surface area (Å²) in [4.78, 5) is -0.468. The second kappa shape index (κ2) is 4.39. The van der Waals surface area contributed by atoms with Crippen molar-refractivity contribution < 1.29 is 18.1 Å². The number of aromatic hydroxyl groups is 1. The maximum absolute atomic E-state index is 11.3. The zero-order valence-electron chi connectivity index (χ0n) is 9.40. The number of rotatable bonds is 2. The van der Waals surface area contributed by atoms with Crippen LogP contribution in [-0.2, 0) is 10.1 Å². The van der Waals surface area contributed by atoms with Crippen molar-refractivity contribution in [2.24, 2.45) is 10.1 Å². The van der Waals surface area contributed by atoms with Gasteiger partial charge in [-0.2, -0.15) is 13.5 Å². The maximum Gasteiger partial charge on any atom is 0.296 e. The van der Waals surface area contributed by atoms with Crippen molar-refractivity contribution in [1.29, 1.82) is 0 Å². The molecule has 2 N–H and O–H groups in total. The van der Waals surface area contributed by atoms with Gasteiger partial charge < -0.3 is 5.11 Å². The zero-order valence-corrected chi connectivity index (χ0v) is 10.2. The lowest BCUT2D eigenvalue weighted by molar-refractivity contribution is 0.472. The molecule has 0 unspecified atom stereocenters. The third-order valence-corrected chi connectivity index (χ3v) is 3.31. The van der Waals surface area contributed by atoms with Gasteiger partial charge in [-0.3, -0.25) is 9.58 Å². The summed E-state index contributed by atoms with van der Waals surface area (Å²) in [5, 5.41) is 17.9. The van der Waals surface area contributed by atoms with Crippen LogP contribution < -0.4 is 0 Å². The molecule has 0 bridgehead atoms.